The number of hydrogen-bond acceptors (Lipinski definition) is 3. The van der Waals surface area contributed by atoms with Crippen LogP contribution in [-0.2, 0) is 5.75 Å². The average Bonchev–Trinajstić information content (AvgIpc) is 2.73. The maximum absolute atomic E-state index is 14.1. The molecule has 1 N–H and O–H groups in total. The van der Waals surface area contributed by atoms with Crippen LogP contribution in [-0.4, -0.2) is 16.9 Å². The van der Waals surface area contributed by atoms with Crippen molar-refractivity contribution >= 4 is 45.5 Å². The van der Waals surface area contributed by atoms with Crippen molar-refractivity contribution in [2.45, 2.75) is 5.75 Å². The second kappa shape index (κ2) is 9.67. The summed E-state index contributed by atoms with van der Waals surface area (Å²) in [6, 6.07) is 19.7. The Balaban J connectivity index is 1.90. The molecule has 0 radical (unpaired) electrons. The number of carboxylic acids is 1. The molecule has 0 aliphatic heterocycles. The molecule has 0 spiro atoms. The van der Waals surface area contributed by atoms with E-state index in [2.05, 4.69) is 15.9 Å². The number of halogens is 2. The van der Waals surface area contributed by atoms with Gasteiger partial charge < -0.3 is 5.11 Å². The summed E-state index contributed by atoms with van der Waals surface area (Å²) in [7, 11) is 0. The SMILES string of the molecule is O=C(O)c1ccc(C(=O)/C(=C\c2ccccc2F)SCc2ccc(Br)cc2)cc1. The fourth-order valence-corrected chi connectivity index (χ4v) is 3.79. The second-order valence-electron chi connectivity index (χ2n) is 6.16. The quantitative estimate of drug-likeness (QED) is 0.318. The van der Waals surface area contributed by atoms with E-state index in [1.165, 1.54) is 48.2 Å². The predicted molar refractivity (Wildman–Crippen MR) is 118 cm³/mol. The van der Waals surface area contributed by atoms with Gasteiger partial charge in [-0.05, 0) is 42.0 Å². The van der Waals surface area contributed by atoms with Gasteiger partial charge in [-0.2, -0.15) is 0 Å². The molecule has 3 rings (SSSR count). The van der Waals surface area contributed by atoms with Crippen LogP contribution in [0.4, 0.5) is 4.39 Å². The maximum Gasteiger partial charge on any atom is 0.335 e. The van der Waals surface area contributed by atoms with Crippen LogP contribution in [0.1, 0.15) is 31.8 Å². The van der Waals surface area contributed by atoms with Gasteiger partial charge in [-0.3, -0.25) is 4.79 Å². The molecule has 0 bridgehead atoms. The summed E-state index contributed by atoms with van der Waals surface area (Å²) in [5, 5.41) is 9.03. The lowest BCUT2D eigenvalue weighted by Crippen LogP contribution is -2.03. The van der Waals surface area contributed by atoms with Crippen molar-refractivity contribution in [2.24, 2.45) is 0 Å². The van der Waals surface area contributed by atoms with Crippen molar-refractivity contribution in [3.05, 3.63) is 110 Å². The van der Waals surface area contributed by atoms with E-state index >= 15 is 0 Å². The van der Waals surface area contributed by atoms with Crippen LogP contribution in [0.2, 0.25) is 0 Å². The van der Waals surface area contributed by atoms with Crippen LogP contribution in [0.25, 0.3) is 6.08 Å². The lowest BCUT2D eigenvalue weighted by molar-refractivity contribution is 0.0696. The summed E-state index contributed by atoms with van der Waals surface area (Å²) in [5.41, 5.74) is 1.79. The molecule has 0 atom stereocenters. The summed E-state index contributed by atoms with van der Waals surface area (Å²) in [6.45, 7) is 0. The minimum atomic E-state index is -1.06. The zero-order valence-corrected chi connectivity index (χ0v) is 17.5. The molecule has 3 aromatic rings. The van der Waals surface area contributed by atoms with Crippen molar-refractivity contribution in [2.75, 3.05) is 0 Å². The average molecular weight is 471 g/mol. The minimum Gasteiger partial charge on any atom is -0.478 e. The van der Waals surface area contributed by atoms with Crippen molar-refractivity contribution in [1.82, 2.24) is 0 Å². The molecule has 6 heteroatoms. The van der Waals surface area contributed by atoms with E-state index < -0.39 is 11.8 Å². The normalized spacial score (nSPS) is 11.3. The first-order valence-corrected chi connectivity index (χ1v) is 10.4. The highest BCUT2D eigenvalue weighted by molar-refractivity contribution is 9.10. The Morgan fingerprint density at radius 3 is 2.17 bits per heavy atom. The standard InChI is InChI=1S/C23H16BrFO3S/c24-19-11-5-15(6-12-19)14-29-21(13-18-3-1-2-4-20(18)25)22(26)16-7-9-17(10-8-16)23(27)28/h1-13H,14H2,(H,27,28)/b21-13+. The number of carboxylic acid groups (broad SMARTS) is 1. The van der Waals surface area contributed by atoms with Crippen LogP contribution in [0, 0.1) is 5.82 Å². The van der Waals surface area contributed by atoms with Crippen molar-refractivity contribution in [1.29, 1.82) is 0 Å². The van der Waals surface area contributed by atoms with Crippen molar-refractivity contribution in [3.63, 3.8) is 0 Å². The van der Waals surface area contributed by atoms with Crippen LogP contribution < -0.4 is 0 Å². The molecule has 0 saturated heterocycles. The summed E-state index contributed by atoms with van der Waals surface area (Å²) in [4.78, 5) is 24.5. The van der Waals surface area contributed by atoms with Crippen molar-refractivity contribution in [3.8, 4) is 0 Å². The lowest BCUT2D eigenvalue weighted by Gasteiger charge is -2.09. The summed E-state index contributed by atoms with van der Waals surface area (Å²) in [5.74, 6) is -1.22. The Labute approximate surface area is 180 Å². The van der Waals surface area contributed by atoms with E-state index in [0.29, 0.717) is 21.8 Å². The first-order chi connectivity index (χ1) is 13.9. The number of Topliss-reactive ketones (excluding diaryl/α,β-unsaturated/α-hetero) is 1. The van der Waals surface area contributed by atoms with Crippen LogP contribution in [0.3, 0.4) is 0 Å². The maximum atomic E-state index is 14.1. The third-order valence-corrected chi connectivity index (χ3v) is 5.74. The fraction of sp³-hybridized carbons (Fsp3) is 0.0435. The number of thioether (sulfide) groups is 1. The van der Waals surface area contributed by atoms with Gasteiger partial charge in [0.05, 0.1) is 10.5 Å². The highest BCUT2D eigenvalue weighted by Crippen LogP contribution is 2.28. The van der Waals surface area contributed by atoms with Gasteiger partial charge in [-0.15, -0.1) is 11.8 Å². The fourth-order valence-electron chi connectivity index (χ4n) is 2.55. The predicted octanol–water partition coefficient (Wildman–Crippen LogP) is 6.44. The van der Waals surface area contributed by atoms with Gasteiger partial charge in [0.15, 0.2) is 5.78 Å². The molecule has 3 nitrogen and oxygen atoms in total. The molecular weight excluding hydrogens is 455 g/mol. The molecule has 0 aliphatic rings. The molecule has 0 amide bonds. The Hall–Kier alpha value is -2.70. The molecule has 0 fully saturated rings. The minimum absolute atomic E-state index is 0.101. The number of hydrogen-bond donors (Lipinski definition) is 1. The van der Waals surface area contributed by atoms with E-state index in [-0.39, 0.29) is 11.3 Å². The smallest absolute Gasteiger partial charge is 0.335 e. The van der Waals surface area contributed by atoms with E-state index in [9.17, 15) is 14.0 Å². The molecule has 0 heterocycles. The van der Waals surface area contributed by atoms with Crippen molar-refractivity contribution < 1.29 is 19.1 Å². The Kier molecular flexibility index (Phi) is 7.01. The van der Waals surface area contributed by atoms with Gasteiger partial charge in [-0.1, -0.05) is 58.4 Å². The molecule has 0 unspecified atom stereocenters. The first kappa shape index (κ1) is 21.0. The number of rotatable bonds is 7. The number of allylic oxidation sites excluding steroid dienone is 1. The summed E-state index contributed by atoms with van der Waals surface area (Å²) in [6.07, 6.45) is 1.53. The molecule has 3 aromatic carbocycles. The third-order valence-electron chi connectivity index (χ3n) is 4.12. The van der Waals surface area contributed by atoms with Gasteiger partial charge >= 0.3 is 5.97 Å². The number of aromatic carboxylic acids is 1. The van der Waals surface area contributed by atoms with E-state index in [4.69, 9.17) is 5.11 Å². The van der Waals surface area contributed by atoms with Gasteiger partial charge in [0.2, 0.25) is 0 Å². The van der Waals surface area contributed by atoms with E-state index in [1.54, 1.807) is 18.2 Å². The van der Waals surface area contributed by atoms with E-state index in [0.717, 1.165) is 10.0 Å². The van der Waals surface area contributed by atoms with Crippen LogP contribution >= 0.6 is 27.7 Å². The summed E-state index contributed by atoms with van der Waals surface area (Å²) >= 11 is 4.70. The Morgan fingerprint density at radius 2 is 1.55 bits per heavy atom. The number of ketones is 1. The van der Waals surface area contributed by atoms with E-state index in [1.807, 2.05) is 24.3 Å². The van der Waals surface area contributed by atoms with Gasteiger partial charge in [0.1, 0.15) is 5.82 Å². The number of carbonyl (C=O) groups is 2. The topological polar surface area (TPSA) is 54.4 Å². The summed E-state index contributed by atoms with van der Waals surface area (Å²) < 4.78 is 15.1. The monoisotopic (exact) mass is 470 g/mol. The highest BCUT2D eigenvalue weighted by atomic mass is 79.9. The van der Waals surface area contributed by atoms with Crippen LogP contribution in [0.5, 0.6) is 0 Å². The molecular formula is C23H16BrFO3S. The Morgan fingerprint density at radius 1 is 0.931 bits per heavy atom. The number of benzene rings is 3. The van der Waals surface area contributed by atoms with Crippen LogP contribution in [0.15, 0.2) is 82.2 Å². The molecule has 29 heavy (non-hydrogen) atoms. The second-order valence-corrected chi connectivity index (χ2v) is 8.09. The third kappa shape index (κ3) is 5.65. The zero-order valence-electron chi connectivity index (χ0n) is 15.1. The molecule has 0 saturated carbocycles. The molecule has 0 aromatic heterocycles. The van der Waals surface area contributed by atoms with Gasteiger partial charge in [0, 0.05) is 21.4 Å². The lowest BCUT2D eigenvalue weighted by atomic mass is 10.1. The molecule has 146 valence electrons. The first-order valence-electron chi connectivity index (χ1n) is 8.65. The van der Waals surface area contributed by atoms with Gasteiger partial charge in [-0.25, -0.2) is 9.18 Å². The largest absolute Gasteiger partial charge is 0.478 e. The van der Waals surface area contributed by atoms with Gasteiger partial charge in [0.25, 0.3) is 0 Å². The highest BCUT2D eigenvalue weighted by Gasteiger charge is 2.15. The molecule has 0 aliphatic carbocycles. The zero-order chi connectivity index (χ0) is 20.8. The Bertz CT molecular complexity index is 1060. The number of carbonyl (C=O) groups excluding carboxylic acids is 1.